The van der Waals surface area contributed by atoms with Gasteiger partial charge in [-0.05, 0) is 20.8 Å². The molecule has 0 aromatic heterocycles. The molecule has 0 spiro atoms. The van der Waals surface area contributed by atoms with Gasteiger partial charge in [0.1, 0.15) is 0 Å². The van der Waals surface area contributed by atoms with E-state index in [1.807, 2.05) is 0 Å². The van der Waals surface area contributed by atoms with Crippen molar-refractivity contribution in [1.29, 1.82) is 0 Å². The van der Waals surface area contributed by atoms with Gasteiger partial charge in [-0.2, -0.15) is 13.2 Å². The Morgan fingerprint density at radius 2 is 1.78 bits per heavy atom. The largest absolute Gasteiger partial charge is 0.479 e. The Morgan fingerprint density at radius 1 is 1.28 bits per heavy atom. The third-order valence-corrected chi connectivity index (χ3v) is 2.13. The third kappa shape index (κ3) is 4.27. The number of carbonyl (C=O) groups excluding carboxylic acids is 1. The maximum atomic E-state index is 12.5. The van der Waals surface area contributed by atoms with Crippen LogP contribution in [0.25, 0.3) is 0 Å². The van der Waals surface area contributed by atoms with Gasteiger partial charge in [-0.1, -0.05) is 11.6 Å². The fourth-order valence-corrected chi connectivity index (χ4v) is 0.865. The number of amides is 2. The first-order chi connectivity index (χ1) is 8.00. The van der Waals surface area contributed by atoms with Crippen molar-refractivity contribution < 1.29 is 27.9 Å². The molecule has 3 N–H and O–H groups in total. The molecule has 0 aromatic rings. The Kier molecular flexibility index (Phi) is 5.19. The van der Waals surface area contributed by atoms with Gasteiger partial charge in [0, 0.05) is 6.54 Å². The average Bonchev–Trinajstić information content (AvgIpc) is 2.14. The van der Waals surface area contributed by atoms with E-state index < -0.39 is 23.7 Å². The van der Waals surface area contributed by atoms with Crippen LogP contribution in [0.5, 0.6) is 0 Å². The summed E-state index contributed by atoms with van der Waals surface area (Å²) in [6.07, 6.45) is -3.52. The molecule has 5 nitrogen and oxygen atoms in total. The predicted molar refractivity (Wildman–Crippen MR) is 58.1 cm³/mol. The number of hydrogen-bond donors (Lipinski definition) is 3. The summed E-state index contributed by atoms with van der Waals surface area (Å²) in [7, 11) is 0. The Labute approximate surface area is 102 Å². The summed E-state index contributed by atoms with van der Waals surface area (Å²) in [6.45, 7) is 3.89. The van der Waals surface area contributed by atoms with Gasteiger partial charge in [0.25, 0.3) is 0 Å². The summed E-state index contributed by atoms with van der Waals surface area (Å²) >= 11 is 0. The van der Waals surface area contributed by atoms with Crippen LogP contribution in [-0.4, -0.2) is 35.4 Å². The molecular formula is C10H15F3N2O3. The number of carbonyl (C=O) groups is 2. The topological polar surface area (TPSA) is 78.4 Å². The van der Waals surface area contributed by atoms with Crippen molar-refractivity contribution in [3.05, 3.63) is 11.6 Å². The molecule has 0 aliphatic rings. The van der Waals surface area contributed by atoms with E-state index in [1.165, 1.54) is 5.32 Å². The van der Waals surface area contributed by atoms with Gasteiger partial charge in [0.2, 0.25) is 5.54 Å². The number of carboxylic acids is 1. The maximum absolute atomic E-state index is 12.5. The van der Waals surface area contributed by atoms with Gasteiger partial charge < -0.3 is 15.7 Å². The van der Waals surface area contributed by atoms with Gasteiger partial charge in [-0.3, -0.25) is 0 Å². The number of rotatable bonds is 4. The Balaban J connectivity index is 4.68. The lowest BCUT2D eigenvalue weighted by molar-refractivity contribution is -0.203. The lowest BCUT2D eigenvalue weighted by Crippen LogP contribution is -2.63. The van der Waals surface area contributed by atoms with E-state index >= 15 is 0 Å². The second-order valence-corrected chi connectivity index (χ2v) is 4.04. The van der Waals surface area contributed by atoms with Crippen LogP contribution in [0.4, 0.5) is 18.0 Å². The number of aliphatic carboxylic acids is 1. The zero-order valence-electron chi connectivity index (χ0n) is 10.2. The van der Waals surface area contributed by atoms with Crippen LogP contribution in [-0.2, 0) is 4.79 Å². The fourth-order valence-electron chi connectivity index (χ4n) is 0.865. The van der Waals surface area contributed by atoms with Gasteiger partial charge in [-0.25, -0.2) is 9.59 Å². The fraction of sp³-hybridized carbons (Fsp3) is 0.600. The number of halogens is 3. The highest BCUT2D eigenvalue weighted by Crippen LogP contribution is 2.30. The number of allylic oxidation sites excluding steroid dienone is 1. The first-order valence-electron chi connectivity index (χ1n) is 5.00. The van der Waals surface area contributed by atoms with Crippen LogP contribution >= 0.6 is 0 Å². The molecule has 0 heterocycles. The molecule has 0 fully saturated rings. The minimum atomic E-state index is -5.09. The number of alkyl halides is 3. The van der Waals surface area contributed by atoms with E-state index in [2.05, 4.69) is 5.32 Å². The van der Waals surface area contributed by atoms with Crippen molar-refractivity contribution in [2.75, 3.05) is 6.54 Å². The van der Waals surface area contributed by atoms with Crippen LogP contribution < -0.4 is 10.6 Å². The molecule has 8 heteroatoms. The summed E-state index contributed by atoms with van der Waals surface area (Å²) in [5, 5.41) is 12.1. The highest BCUT2D eigenvalue weighted by atomic mass is 19.4. The Hall–Kier alpha value is -1.73. The monoisotopic (exact) mass is 268 g/mol. The summed E-state index contributed by atoms with van der Waals surface area (Å²) in [5.41, 5.74) is -2.45. The molecule has 0 aliphatic heterocycles. The zero-order chi connectivity index (χ0) is 14.6. The molecule has 0 rings (SSSR count). The van der Waals surface area contributed by atoms with Gasteiger partial charge in [0.15, 0.2) is 0 Å². The Bertz CT molecular complexity index is 362. The minimum Gasteiger partial charge on any atom is -0.479 e. The summed E-state index contributed by atoms with van der Waals surface area (Å²) in [4.78, 5) is 21.8. The smallest absolute Gasteiger partial charge is 0.422 e. The molecule has 2 amide bonds. The van der Waals surface area contributed by atoms with Gasteiger partial charge >= 0.3 is 18.2 Å². The first kappa shape index (κ1) is 16.3. The van der Waals surface area contributed by atoms with Crippen LogP contribution in [0.1, 0.15) is 20.8 Å². The molecule has 18 heavy (non-hydrogen) atoms. The highest BCUT2D eigenvalue weighted by Gasteiger charge is 2.58. The molecule has 1 atom stereocenters. The van der Waals surface area contributed by atoms with E-state index in [1.54, 1.807) is 19.9 Å². The average molecular weight is 268 g/mol. The van der Waals surface area contributed by atoms with E-state index in [9.17, 15) is 22.8 Å². The molecule has 1 unspecified atom stereocenters. The summed E-state index contributed by atoms with van der Waals surface area (Å²) in [6, 6.07) is -1.20. The third-order valence-electron chi connectivity index (χ3n) is 2.13. The van der Waals surface area contributed by atoms with Crippen molar-refractivity contribution in [1.82, 2.24) is 10.6 Å². The van der Waals surface area contributed by atoms with Crippen molar-refractivity contribution in [3.8, 4) is 0 Å². The number of urea groups is 1. The van der Waals surface area contributed by atoms with Gasteiger partial charge in [0.05, 0.1) is 0 Å². The highest BCUT2D eigenvalue weighted by molar-refractivity contribution is 5.86. The van der Waals surface area contributed by atoms with E-state index in [4.69, 9.17) is 5.11 Å². The normalized spacial score (nSPS) is 14.3. The van der Waals surface area contributed by atoms with Crippen LogP contribution in [0.3, 0.4) is 0 Å². The predicted octanol–water partition coefficient (Wildman–Crippen LogP) is 1.66. The van der Waals surface area contributed by atoms with Gasteiger partial charge in [-0.15, -0.1) is 0 Å². The summed E-state index contributed by atoms with van der Waals surface area (Å²) < 4.78 is 37.6. The van der Waals surface area contributed by atoms with Crippen molar-refractivity contribution in [2.24, 2.45) is 0 Å². The zero-order valence-corrected chi connectivity index (χ0v) is 10.2. The molecule has 0 aliphatic carbocycles. The van der Waals surface area contributed by atoms with Crippen LogP contribution in [0.15, 0.2) is 11.6 Å². The minimum absolute atomic E-state index is 0.0156. The SMILES string of the molecule is CC(C)=CCNC(=O)NC(C)(C(=O)O)C(F)(F)F. The lowest BCUT2D eigenvalue weighted by Gasteiger charge is -2.28. The molecule has 0 aromatic carbocycles. The van der Waals surface area contributed by atoms with Crippen LogP contribution in [0, 0.1) is 0 Å². The molecular weight excluding hydrogens is 253 g/mol. The van der Waals surface area contributed by atoms with E-state index in [0.717, 1.165) is 5.57 Å². The molecule has 0 bridgehead atoms. The lowest BCUT2D eigenvalue weighted by atomic mass is 10.0. The second-order valence-electron chi connectivity index (χ2n) is 4.04. The number of nitrogens with one attached hydrogen (secondary N) is 2. The summed E-state index contributed by atoms with van der Waals surface area (Å²) in [5.74, 6) is -2.17. The standard InChI is InChI=1S/C10H15F3N2O3/c1-6(2)4-5-14-8(18)15-9(3,7(16)17)10(11,12)13/h4H,5H2,1-3H3,(H,16,17)(H2,14,15,18). The molecule has 0 radical (unpaired) electrons. The molecule has 104 valence electrons. The maximum Gasteiger partial charge on any atom is 0.422 e. The number of carboxylic acid groups (broad SMARTS) is 1. The van der Waals surface area contributed by atoms with Crippen molar-refractivity contribution in [2.45, 2.75) is 32.5 Å². The Morgan fingerprint density at radius 3 is 2.11 bits per heavy atom. The van der Waals surface area contributed by atoms with E-state index in [-0.39, 0.29) is 6.54 Å². The van der Waals surface area contributed by atoms with Crippen molar-refractivity contribution >= 4 is 12.0 Å². The first-order valence-corrected chi connectivity index (χ1v) is 5.00. The van der Waals surface area contributed by atoms with Crippen LogP contribution in [0.2, 0.25) is 0 Å². The number of hydrogen-bond acceptors (Lipinski definition) is 2. The van der Waals surface area contributed by atoms with Crippen molar-refractivity contribution in [3.63, 3.8) is 0 Å². The quantitative estimate of drug-likeness (QED) is 0.678. The second kappa shape index (κ2) is 5.74. The molecule has 0 saturated carbocycles. The molecule has 0 saturated heterocycles. The van der Waals surface area contributed by atoms with E-state index in [0.29, 0.717) is 6.92 Å².